The molecule has 12 heteroatoms. The number of nitrogens with zero attached hydrogens (tertiary/aromatic N) is 4. The molecule has 4 rings (SSSR count). The predicted molar refractivity (Wildman–Crippen MR) is 128 cm³/mol. The van der Waals surface area contributed by atoms with E-state index in [4.69, 9.17) is 28.9 Å². The number of piperazine rings is 1. The van der Waals surface area contributed by atoms with Gasteiger partial charge >= 0.3 is 0 Å². The van der Waals surface area contributed by atoms with Gasteiger partial charge in [0.05, 0.1) is 26.8 Å². The fraction of sp³-hybridized carbons (Fsp3) is 0.238. The molecule has 0 spiro atoms. The molecule has 0 bridgehead atoms. The van der Waals surface area contributed by atoms with Gasteiger partial charge in [0.15, 0.2) is 5.69 Å². The van der Waals surface area contributed by atoms with Crippen LogP contribution >= 0.6 is 23.2 Å². The van der Waals surface area contributed by atoms with Crippen molar-refractivity contribution in [1.29, 1.82) is 0 Å². The van der Waals surface area contributed by atoms with Gasteiger partial charge in [-0.05, 0) is 43.4 Å². The first-order chi connectivity index (χ1) is 15.7. The first-order valence-electron chi connectivity index (χ1n) is 10.1. The zero-order valence-corrected chi connectivity index (χ0v) is 20.0. The van der Waals surface area contributed by atoms with Crippen molar-refractivity contribution < 1.29 is 13.2 Å². The number of nitrogens with one attached hydrogen (secondary N) is 1. The number of hydrogen-bond acceptors (Lipinski definition) is 6. The Morgan fingerprint density at radius 3 is 2.21 bits per heavy atom. The van der Waals surface area contributed by atoms with Crippen LogP contribution in [0.4, 0.5) is 11.4 Å². The SMILES string of the molecule is CN1CCN(S(=O)(=O)c2ccc(Nc3cn(-c4c(Cl)cccc4Cl)nc3C(N)=O)cc2)CC1. The van der Waals surface area contributed by atoms with E-state index in [-0.39, 0.29) is 10.6 Å². The monoisotopic (exact) mass is 508 g/mol. The van der Waals surface area contributed by atoms with Crippen molar-refractivity contribution >= 4 is 50.5 Å². The largest absolute Gasteiger partial charge is 0.364 e. The highest BCUT2D eigenvalue weighted by Gasteiger charge is 2.27. The average Bonchev–Trinajstić information content (AvgIpc) is 3.18. The van der Waals surface area contributed by atoms with Crippen LogP contribution in [0.2, 0.25) is 10.0 Å². The van der Waals surface area contributed by atoms with E-state index in [1.165, 1.54) is 21.1 Å². The number of benzene rings is 2. The third-order valence-electron chi connectivity index (χ3n) is 5.35. The Morgan fingerprint density at radius 1 is 1.03 bits per heavy atom. The van der Waals surface area contributed by atoms with Gasteiger partial charge < -0.3 is 16.0 Å². The van der Waals surface area contributed by atoms with Crippen molar-refractivity contribution in [1.82, 2.24) is 19.0 Å². The van der Waals surface area contributed by atoms with Crippen LogP contribution in [0.3, 0.4) is 0 Å². The van der Waals surface area contributed by atoms with Crippen molar-refractivity contribution in [2.24, 2.45) is 5.73 Å². The van der Waals surface area contributed by atoms with Gasteiger partial charge in [-0.2, -0.15) is 9.40 Å². The second-order valence-corrected chi connectivity index (χ2v) is 10.4. The normalized spacial score (nSPS) is 15.5. The summed E-state index contributed by atoms with van der Waals surface area (Å²) in [5, 5.41) is 7.99. The number of nitrogens with two attached hydrogens (primary N) is 1. The first kappa shape index (κ1) is 23.5. The Bertz CT molecular complexity index is 1270. The number of anilines is 2. The zero-order chi connectivity index (χ0) is 23.8. The summed E-state index contributed by atoms with van der Waals surface area (Å²) < 4.78 is 28.7. The molecule has 174 valence electrons. The van der Waals surface area contributed by atoms with E-state index in [1.54, 1.807) is 36.5 Å². The van der Waals surface area contributed by atoms with Crippen LogP contribution in [0.25, 0.3) is 5.69 Å². The second kappa shape index (κ2) is 9.32. The number of carbonyl (C=O) groups excluding carboxylic acids is 1. The Morgan fingerprint density at radius 2 is 1.64 bits per heavy atom. The number of rotatable bonds is 6. The third-order valence-corrected chi connectivity index (χ3v) is 7.87. The van der Waals surface area contributed by atoms with Crippen LogP contribution in [-0.4, -0.2) is 66.5 Å². The van der Waals surface area contributed by atoms with E-state index in [1.807, 2.05) is 7.05 Å². The van der Waals surface area contributed by atoms with Crippen molar-refractivity contribution in [3.63, 3.8) is 0 Å². The van der Waals surface area contributed by atoms with Gasteiger partial charge in [-0.15, -0.1) is 0 Å². The minimum atomic E-state index is -3.58. The summed E-state index contributed by atoms with van der Waals surface area (Å²) >= 11 is 12.5. The molecule has 1 aromatic heterocycles. The van der Waals surface area contributed by atoms with Crippen LogP contribution in [-0.2, 0) is 10.0 Å². The van der Waals surface area contributed by atoms with Crippen LogP contribution < -0.4 is 11.1 Å². The lowest BCUT2D eigenvalue weighted by Gasteiger charge is -2.31. The van der Waals surface area contributed by atoms with Gasteiger partial charge in [-0.25, -0.2) is 13.1 Å². The Labute approximate surface area is 201 Å². The van der Waals surface area contributed by atoms with E-state index >= 15 is 0 Å². The van der Waals surface area contributed by atoms with E-state index in [0.717, 1.165) is 0 Å². The standard InChI is InChI=1S/C21H22Cl2N6O3S/c1-27-9-11-28(12-10-27)33(31,32)15-7-5-14(6-8-15)25-18-13-29(26-19(18)21(24)30)20-16(22)3-2-4-17(20)23/h2-8,13,25H,9-12H2,1H3,(H2,24,30). The predicted octanol–water partition coefficient (Wildman–Crippen LogP) is 2.96. The molecule has 1 aliphatic heterocycles. The van der Waals surface area contributed by atoms with Gasteiger partial charge in [-0.1, -0.05) is 29.3 Å². The lowest BCUT2D eigenvalue weighted by Crippen LogP contribution is -2.46. The summed E-state index contributed by atoms with van der Waals surface area (Å²) in [5.41, 5.74) is 6.78. The molecular weight excluding hydrogens is 487 g/mol. The number of hydrogen-bond donors (Lipinski definition) is 2. The minimum absolute atomic E-state index is 0.0138. The van der Waals surface area contributed by atoms with Crippen molar-refractivity contribution in [3.8, 4) is 5.69 Å². The van der Waals surface area contributed by atoms with Crippen molar-refractivity contribution in [2.45, 2.75) is 4.90 Å². The number of amides is 1. The highest BCUT2D eigenvalue weighted by Crippen LogP contribution is 2.30. The average molecular weight is 509 g/mol. The number of para-hydroxylation sites is 1. The first-order valence-corrected chi connectivity index (χ1v) is 12.3. The molecule has 0 saturated carbocycles. The Balaban J connectivity index is 1.59. The van der Waals surface area contributed by atoms with Crippen molar-refractivity contribution in [2.75, 3.05) is 38.5 Å². The number of sulfonamides is 1. The van der Waals surface area contributed by atoms with Gasteiger partial charge in [0.2, 0.25) is 10.0 Å². The lowest BCUT2D eigenvalue weighted by atomic mass is 10.3. The summed E-state index contributed by atoms with van der Waals surface area (Å²) in [6, 6.07) is 11.3. The van der Waals surface area contributed by atoms with E-state index in [2.05, 4.69) is 15.3 Å². The molecule has 0 radical (unpaired) electrons. The highest BCUT2D eigenvalue weighted by molar-refractivity contribution is 7.89. The Kier molecular flexibility index (Phi) is 6.64. The maximum Gasteiger partial charge on any atom is 0.271 e. The molecule has 0 aliphatic carbocycles. The summed E-state index contributed by atoms with van der Waals surface area (Å²) in [6.45, 7) is 2.28. The van der Waals surface area contributed by atoms with Crippen LogP contribution in [0.5, 0.6) is 0 Å². The summed E-state index contributed by atoms with van der Waals surface area (Å²) in [6.07, 6.45) is 1.54. The maximum atomic E-state index is 12.9. The van der Waals surface area contributed by atoms with Gasteiger partial charge in [0.25, 0.3) is 5.91 Å². The van der Waals surface area contributed by atoms with E-state index < -0.39 is 15.9 Å². The summed E-state index contributed by atoms with van der Waals surface area (Å²) in [4.78, 5) is 14.3. The molecule has 0 unspecified atom stereocenters. The number of likely N-dealkylation sites (N-methyl/N-ethyl adjacent to an activating group) is 1. The minimum Gasteiger partial charge on any atom is -0.364 e. The fourth-order valence-electron chi connectivity index (χ4n) is 3.51. The third kappa shape index (κ3) is 4.85. The van der Waals surface area contributed by atoms with Crippen LogP contribution in [0.15, 0.2) is 53.6 Å². The summed E-state index contributed by atoms with van der Waals surface area (Å²) in [7, 11) is -1.61. The van der Waals surface area contributed by atoms with Crippen molar-refractivity contribution in [3.05, 3.63) is 64.4 Å². The molecule has 33 heavy (non-hydrogen) atoms. The molecule has 2 aromatic carbocycles. The molecule has 1 saturated heterocycles. The van der Waals surface area contributed by atoms with Gasteiger partial charge in [0.1, 0.15) is 5.69 Å². The molecule has 3 aromatic rings. The molecule has 1 aliphatic rings. The van der Waals surface area contributed by atoms with E-state index in [9.17, 15) is 13.2 Å². The molecular formula is C21H22Cl2N6O3S. The molecule has 9 nitrogen and oxygen atoms in total. The number of aromatic nitrogens is 2. The second-order valence-electron chi connectivity index (χ2n) is 7.63. The topological polar surface area (TPSA) is 114 Å². The molecule has 3 N–H and O–H groups in total. The fourth-order valence-corrected chi connectivity index (χ4v) is 5.51. The highest BCUT2D eigenvalue weighted by atomic mass is 35.5. The van der Waals surface area contributed by atoms with Crippen LogP contribution in [0, 0.1) is 0 Å². The lowest BCUT2D eigenvalue weighted by molar-refractivity contribution is 0.0996. The van der Waals surface area contributed by atoms with Crippen LogP contribution in [0.1, 0.15) is 10.5 Å². The Hall–Kier alpha value is -2.63. The maximum absolute atomic E-state index is 12.9. The molecule has 2 heterocycles. The zero-order valence-electron chi connectivity index (χ0n) is 17.7. The number of halogens is 2. The van der Waals surface area contributed by atoms with E-state index in [0.29, 0.717) is 53.3 Å². The van der Waals surface area contributed by atoms with Gasteiger partial charge in [0, 0.05) is 31.9 Å². The molecule has 1 amide bonds. The summed E-state index contributed by atoms with van der Waals surface area (Å²) in [5.74, 6) is -0.742. The molecule has 1 fully saturated rings. The van der Waals surface area contributed by atoms with Gasteiger partial charge in [-0.3, -0.25) is 4.79 Å². The number of carbonyl (C=O) groups is 1. The number of primary amides is 1. The smallest absolute Gasteiger partial charge is 0.271 e. The quantitative estimate of drug-likeness (QED) is 0.528. The molecule has 0 atom stereocenters.